The fraction of sp³-hybridized carbons (Fsp3) is 0.222. The first-order valence-corrected chi connectivity index (χ1v) is 7.74. The number of amides is 1. The second-order valence-electron chi connectivity index (χ2n) is 5.75. The highest BCUT2D eigenvalue weighted by molar-refractivity contribution is 5.98. The van der Waals surface area contributed by atoms with Gasteiger partial charge in [-0.05, 0) is 54.3 Å². The van der Waals surface area contributed by atoms with Gasteiger partial charge in [0.2, 0.25) is 5.91 Å². The number of nitrogens with zero attached hydrogens (tertiary/aromatic N) is 1. The van der Waals surface area contributed by atoms with Crippen LogP contribution in [0.1, 0.15) is 29.3 Å². The number of halogens is 3. The summed E-state index contributed by atoms with van der Waals surface area (Å²) >= 11 is 0. The van der Waals surface area contributed by atoms with E-state index in [1.54, 1.807) is 6.07 Å². The first kappa shape index (κ1) is 17.0. The number of rotatable bonds is 4. The minimum atomic E-state index is -4.47. The van der Waals surface area contributed by atoms with E-state index in [9.17, 15) is 18.0 Å². The molecule has 3 rings (SSSR count). The summed E-state index contributed by atoms with van der Waals surface area (Å²) in [5, 5.41) is 5.76. The highest BCUT2D eigenvalue weighted by Crippen LogP contribution is 2.36. The topological polar surface area (TPSA) is 54.0 Å². The zero-order chi connectivity index (χ0) is 18.0. The zero-order valence-electron chi connectivity index (χ0n) is 13.2. The van der Waals surface area contributed by atoms with Gasteiger partial charge < -0.3 is 10.6 Å². The van der Waals surface area contributed by atoms with Crippen molar-refractivity contribution < 1.29 is 18.0 Å². The summed E-state index contributed by atoms with van der Waals surface area (Å²) < 4.78 is 38.3. The minimum Gasteiger partial charge on any atom is -0.363 e. The molecule has 0 spiro atoms. The Morgan fingerprint density at radius 1 is 1.28 bits per heavy atom. The SMILES string of the molecule is C=CC(=O)Nc1ccc2c(c1)CCC2Nc1cccc(C(F)(F)F)n1. The van der Waals surface area contributed by atoms with Gasteiger partial charge in [0.1, 0.15) is 11.5 Å². The van der Waals surface area contributed by atoms with Crippen LogP contribution in [0.4, 0.5) is 24.7 Å². The lowest BCUT2D eigenvalue weighted by molar-refractivity contribution is -0.141. The normalized spacial score (nSPS) is 16.2. The fourth-order valence-corrected chi connectivity index (χ4v) is 2.89. The molecule has 0 saturated heterocycles. The van der Waals surface area contributed by atoms with Crippen LogP contribution in [-0.4, -0.2) is 10.9 Å². The predicted molar refractivity (Wildman–Crippen MR) is 89.2 cm³/mol. The van der Waals surface area contributed by atoms with Crippen molar-refractivity contribution in [1.29, 1.82) is 0 Å². The Hall–Kier alpha value is -2.83. The summed E-state index contributed by atoms with van der Waals surface area (Å²) in [4.78, 5) is 15.0. The van der Waals surface area contributed by atoms with Crippen molar-refractivity contribution in [2.24, 2.45) is 0 Å². The van der Waals surface area contributed by atoms with Gasteiger partial charge in [0.25, 0.3) is 0 Å². The van der Waals surface area contributed by atoms with Crippen molar-refractivity contribution in [1.82, 2.24) is 4.98 Å². The van der Waals surface area contributed by atoms with E-state index in [2.05, 4.69) is 22.2 Å². The zero-order valence-corrected chi connectivity index (χ0v) is 13.2. The van der Waals surface area contributed by atoms with Crippen molar-refractivity contribution in [2.75, 3.05) is 10.6 Å². The molecule has 25 heavy (non-hydrogen) atoms. The van der Waals surface area contributed by atoms with Crippen LogP contribution >= 0.6 is 0 Å². The molecule has 1 atom stereocenters. The predicted octanol–water partition coefficient (Wildman–Crippen LogP) is 4.32. The summed E-state index contributed by atoms with van der Waals surface area (Å²) in [7, 11) is 0. The lowest BCUT2D eigenvalue weighted by atomic mass is 10.1. The molecular formula is C18H16F3N3O. The lowest BCUT2D eigenvalue weighted by Gasteiger charge is -2.16. The van der Waals surface area contributed by atoms with Crippen molar-refractivity contribution in [3.8, 4) is 0 Å². The Morgan fingerprint density at radius 3 is 2.80 bits per heavy atom. The van der Waals surface area contributed by atoms with E-state index in [0.29, 0.717) is 5.69 Å². The number of fused-ring (bicyclic) bond motifs is 1. The molecule has 1 amide bonds. The van der Waals surface area contributed by atoms with Gasteiger partial charge in [-0.15, -0.1) is 0 Å². The quantitative estimate of drug-likeness (QED) is 0.810. The second kappa shape index (κ2) is 6.58. The smallest absolute Gasteiger partial charge is 0.363 e. The van der Waals surface area contributed by atoms with Crippen molar-refractivity contribution >= 4 is 17.4 Å². The molecule has 0 radical (unpaired) electrons. The van der Waals surface area contributed by atoms with Gasteiger partial charge in [0, 0.05) is 5.69 Å². The molecule has 1 aliphatic carbocycles. The number of carbonyl (C=O) groups excluding carboxylic acids is 1. The molecule has 0 saturated carbocycles. The van der Waals surface area contributed by atoms with Crippen LogP contribution in [0.2, 0.25) is 0 Å². The Kier molecular flexibility index (Phi) is 4.48. The molecule has 0 fully saturated rings. The standard InChI is InChI=1S/C18H16F3N3O/c1-2-17(25)22-12-7-8-13-11(10-12)6-9-14(13)23-16-5-3-4-15(24-16)18(19,20)21/h2-5,7-8,10,14H,1,6,9H2,(H,22,25)(H,23,24). The maximum absolute atomic E-state index is 12.8. The van der Waals surface area contributed by atoms with Crippen LogP contribution in [0.5, 0.6) is 0 Å². The Bertz CT molecular complexity index is 817. The van der Waals surface area contributed by atoms with Crippen LogP contribution in [0.3, 0.4) is 0 Å². The van der Waals surface area contributed by atoms with Gasteiger partial charge in [-0.25, -0.2) is 4.98 Å². The van der Waals surface area contributed by atoms with E-state index in [-0.39, 0.29) is 17.8 Å². The number of hydrogen-bond acceptors (Lipinski definition) is 3. The van der Waals surface area contributed by atoms with Gasteiger partial charge in [0.15, 0.2) is 0 Å². The molecule has 130 valence electrons. The average Bonchev–Trinajstić information content (AvgIpc) is 2.96. The first-order chi connectivity index (χ1) is 11.9. The maximum Gasteiger partial charge on any atom is 0.433 e. The van der Waals surface area contributed by atoms with E-state index in [1.807, 2.05) is 12.1 Å². The van der Waals surface area contributed by atoms with Gasteiger partial charge in [0.05, 0.1) is 6.04 Å². The maximum atomic E-state index is 12.8. The van der Waals surface area contributed by atoms with Gasteiger partial charge in [-0.1, -0.05) is 18.7 Å². The molecule has 1 aromatic heterocycles. The molecule has 0 aliphatic heterocycles. The molecule has 0 bridgehead atoms. The average molecular weight is 347 g/mol. The van der Waals surface area contributed by atoms with Crippen LogP contribution in [0, 0.1) is 0 Å². The summed E-state index contributed by atoms with van der Waals surface area (Å²) in [6.07, 6.45) is -1.77. The Labute approximate surface area is 142 Å². The number of aryl methyl sites for hydroxylation is 1. The number of aromatic nitrogens is 1. The third-order valence-electron chi connectivity index (χ3n) is 4.04. The fourth-order valence-electron chi connectivity index (χ4n) is 2.89. The molecule has 4 nitrogen and oxygen atoms in total. The second-order valence-corrected chi connectivity index (χ2v) is 5.75. The first-order valence-electron chi connectivity index (χ1n) is 7.74. The number of anilines is 2. The molecule has 1 heterocycles. The number of carbonyl (C=O) groups is 1. The third kappa shape index (κ3) is 3.81. The van der Waals surface area contributed by atoms with Crippen molar-refractivity contribution in [2.45, 2.75) is 25.1 Å². The summed E-state index contributed by atoms with van der Waals surface area (Å²) in [5.41, 5.74) is 1.79. The van der Waals surface area contributed by atoms with E-state index in [1.165, 1.54) is 18.2 Å². The number of benzene rings is 1. The molecule has 1 aromatic carbocycles. The third-order valence-corrected chi connectivity index (χ3v) is 4.04. The van der Waals surface area contributed by atoms with E-state index >= 15 is 0 Å². The summed E-state index contributed by atoms with van der Waals surface area (Å²) in [6.45, 7) is 3.40. The number of hydrogen-bond donors (Lipinski definition) is 2. The monoisotopic (exact) mass is 347 g/mol. The highest BCUT2D eigenvalue weighted by atomic mass is 19.4. The molecule has 2 N–H and O–H groups in total. The highest BCUT2D eigenvalue weighted by Gasteiger charge is 2.32. The van der Waals surface area contributed by atoms with E-state index in [4.69, 9.17) is 0 Å². The summed E-state index contributed by atoms with van der Waals surface area (Å²) in [6, 6.07) is 9.19. The molecule has 2 aromatic rings. The van der Waals surface area contributed by atoms with E-state index < -0.39 is 11.9 Å². The molecule has 7 heteroatoms. The molecule has 1 aliphatic rings. The number of nitrogens with one attached hydrogen (secondary N) is 2. The molecule has 1 unspecified atom stereocenters. The Balaban J connectivity index is 1.77. The number of alkyl halides is 3. The van der Waals surface area contributed by atoms with Crippen molar-refractivity contribution in [3.05, 3.63) is 65.9 Å². The van der Waals surface area contributed by atoms with Gasteiger partial charge in [-0.3, -0.25) is 4.79 Å². The minimum absolute atomic E-state index is 0.116. The van der Waals surface area contributed by atoms with Gasteiger partial charge in [-0.2, -0.15) is 13.2 Å². The van der Waals surface area contributed by atoms with Gasteiger partial charge >= 0.3 is 6.18 Å². The lowest BCUT2D eigenvalue weighted by Crippen LogP contribution is -2.13. The summed E-state index contributed by atoms with van der Waals surface area (Å²) in [5.74, 6) is -0.0995. The van der Waals surface area contributed by atoms with Crippen LogP contribution in [-0.2, 0) is 17.4 Å². The number of pyridine rings is 1. The largest absolute Gasteiger partial charge is 0.433 e. The van der Waals surface area contributed by atoms with E-state index in [0.717, 1.165) is 30.0 Å². The van der Waals surface area contributed by atoms with Crippen LogP contribution in [0.15, 0.2) is 49.1 Å². The van der Waals surface area contributed by atoms with Crippen LogP contribution in [0.25, 0.3) is 0 Å². The Morgan fingerprint density at radius 2 is 2.08 bits per heavy atom. The van der Waals surface area contributed by atoms with Crippen molar-refractivity contribution in [3.63, 3.8) is 0 Å². The van der Waals surface area contributed by atoms with Crippen LogP contribution < -0.4 is 10.6 Å². The molecular weight excluding hydrogens is 331 g/mol.